The molecule has 22 heavy (non-hydrogen) atoms. The number of benzene rings is 2. The fourth-order valence-corrected chi connectivity index (χ4v) is 1.96. The fourth-order valence-electron chi connectivity index (χ4n) is 1.84. The molecule has 0 radical (unpaired) electrons. The van der Waals surface area contributed by atoms with Crippen LogP contribution in [0.25, 0.3) is 0 Å². The lowest BCUT2D eigenvalue weighted by molar-refractivity contribution is 0.187. The Kier molecular flexibility index (Phi) is 5.63. The van der Waals surface area contributed by atoms with E-state index in [9.17, 15) is 5.11 Å². The molecule has 4 N–H and O–H groups in total. The first kappa shape index (κ1) is 16.1. The molecule has 0 fully saturated rings. The molecule has 0 aliphatic carbocycles. The van der Waals surface area contributed by atoms with Gasteiger partial charge in [0.2, 0.25) is 0 Å². The molecule has 6 heteroatoms. The van der Waals surface area contributed by atoms with Crippen LogP contribution in [0, 0.1) is 0 Å². The van der Waals surface area contributed by atoms with Gasteiger partial charge in [-0.3, -0.25) is 4.99 Å². The van der Waals surface area contributed by atoms with Crippen LogP contribution in [0.15, 0.2) is 53.5 Å². The maximum Gasteiger partial charge on any atom is 0.193 e. The molecular weight excluding hydrogens is 302 g/mol. The Morgan fingerprint density at radius 3 is 2.45 bits per heavy atom. The molecule has 0 spiro atoms. The molecule has 0 heterocycles. The molecule has 0 aromatic heterocycles. The van der Waals surface area contributed by atoms with Crippen molar-refractivity contribution in [1.29, 1.82) is 0 Å². The summed E-state index contributed by atoms with van der Waals surface area (Å²) in [5.74, 6) is 0.998. The number of nitrogens with two attached hydrogens (primary N) is 1. The molecule has 116 valence electrons. The van der Waals surface area contributed by atoms with E-state index < -0.39 is 6.10 Å². The quantitative estimate of drug-likeness (QED) is 0.585. The first-order valence-electron chi connectivity index (χ1n) is 6.73. The molecular formula is C16H18ClN3O2. The summed E-state index contributed by atoms with van der Waals surface area (Å²) in [5, 5.41) is 13.6. The number of anilines is 1. The van der Waals surface area contributed by atoms with E-state index in [-0.39, 0.29) is 12.5 Å². The van der Waals surface area contributed by atoms with Crippen LogP contribution < -0.4 is 15.8 Å². The number of methoxy groups -OCH3 is 1. The molecule has 0 saturated heterocycles. The zero-order valence-corrected chi connectivity index (χ0v) is 12.9. The van der Waals surface area contributed by atoms with Gasteiger partial charge in [0.15, 0.2) is 5.96 Å². The summed E-state index contributed by atoms with van der Waals surface area (Å²) in [6, 6.07) is 14.3. The van der Waals surface area contributed by atoms with Crippen molar-refractivity contribution in [3.05, 3.63) is 59.1 Å². The van der Waals surface area contributed by atoms with E-state index in [1.54, 1.807) is 31.4 Å². The minimum Gasteiger partial charge on any atom is -0.497 e. The molecule has 0 aliphatic heterocycles. The van der Waals surface area contributed by atoms with Crippen molar-refractivity contribution in [3.8, 4) is 5.75 Å². The summed E-state index contributed by atoms with van der Waals surface area (Å²) < 4.78 is 5.08. The second-order valence-electron chi connectivity index (χ2n) is 4.65. The molecule has 1 unspecified atom stereocenters. The molecule has 5 nitrogen and oxygen atoms in total. The monoisotopic (exact) mass is 319 g/mol. The fraction of sp³-hybridized carbons (Fsp3) is 0.188. The van der Waals surface area contributed by atoms with Gasteiger partial charge in [-0.25, -0.2) is 0 Å². The van der Waals surface area contributed by atoms with E-state index >= 15 is 0 Å². The van der Waals surface area contributed by atoms with Crippen LogP contribution >= 0.6 is 11.6 Å². The summed E-state index contributed by atoms with van der Waals surface area (Å²) in [6.45, 7) is 0.163. The smallest absolute Gasteiger partial charge is 0.193 e. The third-order valence-electron chi connectivity index (χ3n) is 3.05. The van der Waals surface area contributed by atoms with E-state index in [4.69, 9.17) is 22.1 Å². The van der Waals surface area contributed by atoms with Crippen LogP contribution in [-0.4, -0.2) is 24.7 Å². The number of aliphatic imine (C=N–C) groups is 1. The van der Waals surface area contributed by atoms with Crippen LogP contribution in [0.2, 0.25) is 5.02 Å². The van der Waals surface area contributed by atoms with E-state index in [1.807, 2.05) is 24.3 Å². The number of ether oxygens (including phenoxy) is 1. The molecule has 0 bridgehead atoms. The molecule has 0 saturated carbocycles. The summed E-state index contributed by atoms with van der Waals surface area (Å²) >= 11 is 5.81. The van der Waals surface area contributed by atoms with Crippen molar-refractivity contribution in [3.63, 3.8) is 0 Å². The largest absolute Gasteiger partial charge is 0.497 e. The van der Waals surface area contributed by atoms with Gasteiger partial charge in [0, 0.05) is 10.7 Å². The van der Waals surface area contributed by atoms with Gasteiger partial charge >= 0.3 is 0 Å². The first-order valence-corrected chi connectivity index (χ1v) is 7.11. The van der Waals surface area contributed by atoms with Crippen molar-refractivity contribution >= 4 is 23.2 Å². The second kappa shape index (κ2) is 7.68. The number of aliphatic hydroxyl groups excluding tert-OH is 1. The Labute approximate surface area is 134 Å². The Bertz CT molecular complexity index is 627. The average molecular weight is 320 g/mol. The topological polar surface area (TPSA) is 79.9 Å². The van der Waals surface area contributed by atoms with Gasteiger partial charge in [-0.15, -0.1) is 0 Å². The first-order chi connectivity index (χ1) is 10.6. The van der Waals surface area contributed by atoms with Gasteiger partial charge in [0.1, 0.15) is 5.75 Å². The van der Waals surface area contributed by atoms with Gasteiger partial charge < -0.3 is 20.9 Å². The molecule has 0 aliphatic rings. The van der Waals surface area contributed by atoms with E-state index in [0.29, 0.717) is 5.02 Å². The zero-order valence-electron chi connectivity index (χ0n) is 12.2. The van der Waals surface area contributed by atoms with Gasteiger partial charge in [-0.1, -0.05) is 23.7 Å². The molecule has 2 aromatic carbocycles. The highest BCUT2D eigenvalue weighted by Crippen LogP contribution is 2.17. The standard InChI is InChI=1S/C16H18ClN3O2/c1-22-14-8-6-13(7-9-14)20-16(18)19-10-15(21)11-2-4-12(17)5-3-11/h2-9,15,21H,10H2,1H3,(H3,18,19,20). The predicted octanol–water partition coefficient (Wildman–Crippen LogP) is 2.81. The number of nitrogens with one attached hydrogen (secondary N) is 1. The van der Waals surface area contributed by atoms with Crippen LogP contribution in [0.1, 0.15) is 11.7 Å². The number of aliphatic hydroxyl groups is 1. The predicted molar refractivity (Wildman–Crippen MR) is 89.5 cm³/mol. The maximum absolute atomic E-state index is 10.0. The highest BCUT2D eigenvalue weighted by molar-refractivity contribution is 6.30. The van der Waals surface area contributed by atoms with Gasteiger partial charge in [0.05, 0.1) is 19.8 Å². The lowest BCUT2D eigenvalue weighted by Gasteiger charge is -2.10. The van der Waals surface area contributed by atoms with E-state index in [1.165, 1.54) is 0 Å². The Hall–Kier alpha value is -2.24. The summed E-state index contributed by atoms with van der Waals surface area (Å²) in [7, 11) is 1.61. The van der Waals surface area contributed by atoms with Crippen LogP contribution in [0.3, 0.4) is 0 Å². The summed E-state index contributed by atoms with van der Waals surface area (Å²) in [5.41, 5.74) is 7.34. The van der Waals surface area contributed by atoms with E-state index in [2.05, 4.69) is 10.3 Å². The molecule has 2 aromatic rings. The van der Waals surface area contributed by atoms with Crippen molar-refractivity contribution in [2.24, 2.45) is 10.7 Å². The maximum atomic E-state index is 10.0. The second-order valence-corrected chi connectivity index (χ2v) is 5.08. The van der Waals surface area contributed by atoms with Gasteiger partial charge in [-0.2, -0.15) is 0 Å². The molecule has 1 atom stereocenters. The van der Waals surface area contributed by atoms with Gasteiger partial charge in [-0.05, 0) is 42.0 Å². The third kappa shape index (κ3) is 4.65. The van der Waals surface area contributed by atoms with Crippen LogP contribution in [-0.2, 0) is 0 Å². The van der Waals surface area contributed by atoms with Gasteiger partial charge in [0.25, 0.3) is 0 Å². The Morgan fingerprint density at radius 2 is 1.86 bits per heavy atom. The van der Waals surface area contributed by atoms with E-state index in [0.717, 1.165) is 17.0 Å². The summed E-state index contributed by atoms with van der Waals surface area (Å²) in [4.78, 5) is 4.13. The lowest BCUT2D eigenvalue weighted by Crippen LogP contribution is -2.23. The minimum absolute atomic E-state index is 0.163. The number of halogens is 1. The minimum atomic E-state index is -0.728. The number of nitrogens with zero attached hydrogens (tertiary/aromatic N) is 1. The zero-order chi connectivity index (χ0) is 15.9. The normalized spacial score (nSPS) is 12.8. The average Bonchev–Trinajstić information content (AvgIpc) is 2.54. The lowest BCUT2D eigenvalue weighted by atomic mass is 10.1. The number of hydrogen-bond acceptors (Lipinski definition) is 3. The molecule has 0 amide bonds. The molecule has 2 rings (SSSR count). The highest BCUT2D eigenvalue weighted by atomic mass is 35.5. The Balaban J connectivity index is 1.92. The SMILES string of the molecule is COc1ccc(NC(N)=NCC(O)c2ccc(Cl)cc2)cc1. The number of rotatable bonds is 5. The number of guanidine groups is 1. The third-order valence-corrected chi connectivity index (χ3v) is 3.30. The van der Waals surface area contributed by atoms with Crippen molar-refractivity contribution < 1.29 is 9.84 Å². The van der Waals surface area contributed by atoms with Crippen molar-refractivity contribution in [1.82, 2.24) is 0 Å². The Morgan fingerprint density at radius 1 is 1.23 bits per heavy atom. The summed E-state index contributed by atoms with van der Waals surface area (Å²) in [6.07, 6.45) is -0.728. The van der Waals surface area contributed by atoms with Crippen molar-refractivity contribution in [2.75, 3.05) is 19.0 Å². The number of hydrogen-bond donors (Lipinski definition) is 3. The van der Waals surface area contributed by atoms with Crippen LogP contribution in [0.5, 0.6) is 5.75 Å². The van der Waals surface area contributed by atoms with Crippen molar-refractivity contribution in [2.45, 2.75) is 6.10 Å². The highest BCUT2D eigenvalue weighted by Gasteiger charge is 2.06. The van der Waals surface area contributed by atoms with Crippen LogP contribution in [0.4, 0.5) is 5.69 Å².